The number of aromatic carboxylic acids is 1. The third-order valence-electron chi connectivity index (χ3n) is 8.69. The number of aromatic amines is 2. The van der Waals surface area contributed by atoms with Gasteiger partial charge in [0.2, 0.25) is 0 Å². The van der Waals surface area contributed by atoms with Crippen LogP contribution in [0, 0.1) is 0 Å². The van der Waals surface area contributed by atoms with E-state index >= 15 is 0 Å². The number of rotatable bonds is 4. The van der Waals surface area contributed by atoms with Crippen molar-refractivity contribution in [3.05, 3.63) is 113 Å². The van der Waals surface area contributed by atoms with E-state index in [1.54, 1.807) is 12.1 Å². The molecule has 3 N–H and O–H groups in total. The van der Waals surface area contributed by atoms with E-state index in [4.69, 9.17) is 15.0 Å². The Hall–Kier alpha value is -5.07. The van der Waals surface area contributed by atoms with Crippen molar-refractivity contribution in [2.75, 3.05) is 0 Å². The van der Waals surface area contributed by atoms with Gasteiger partial charge in [-0.1, -0.05) is 26.0 Å². The zero-order valence-corrected chi connectivity index (χ0v) is 27.0. The number of carboxylic acids is 1. The number of fused-ring (bicyclic) bond motifs is 10. The smallest absolute Gasteiger partial charge is 0.478 e. The third kappa shape index (κ3) is 5.61. The van der Waals surface area contributed by atoms with Crippen molar-refractivity contribution in [3.8, 4) is 11.1 Å². The Bertz CT molecular complexity index is 2110. The van der Waals surface area contributed by atoms with Crippen molar-refractivity contribution in [1.82, 2.24) is 24.9 Å². The average Bonchev–Trinajstić information content (AvgIpc) is 3.86. The van der Waals surface area contributed by atoms with Gasteiger partial charge in [-0.15, -0.1) is 0 Å². The SMILES string of the molecule is CCC1=C(C)c2cc3ccc([nH]3)c(-c3ccc(C(=O)O)cc3)c3ccc(cc4nc(cc5nc(cc1n2)C=C5)C(CC)=C4C)[nH]3.[Ni+2]. The number of aromatic nitrogens is 5. The molecule has 7 nitrogen and oxygen atoms in total. The molecule has 0 aliphatic carbocycles. The van der Waals surface area contributed by atoms with Gasteiger partial charge in [0, 0.05) is 27.6 Å². The van der Waals surface area contributed by atoms with Crippen molar-refractivity contribution < 1.29 is 26.4 Å². The number of nitrogens with zero attached hydrogens (tertiary/aromatic N) is 3. The molecule has 0 fully saturated rings. The van der Waals surface area contributed by atoms with Gasteiger partial charge < -0.3 is 15.1 Å². The molecule has 230 valence electrons. The van der Waals surface area contributed by atoms with E-state index in [1.165, 1.54) is 11.1 Å². The summed E-state index contributed by atoms with van der Waals surface area (Å²) in [5.74, 6) is -0.952. The van der Waals surface area contributed by atoms with Crippen molar-refractivity contribution in [1.29, 1.82) is 0 Å². The monoisotopic (exact) mass is 649 g/mol. The van der Waals surface area contributed by atoms with Crippen LogP contribution in [0.5, 0.6) is 0 Å². The number of carboxylic acid groups (broad SMARTS) is 1. The first-order chi connectivity index (χ1) is 21.8. The topological polar surface area (TPSA) is 108 Å². The Labute approximate surface area is 277 Å². The molecular weight excluding hydrogens is 617 g/mol. The molecule has 3 aromatic heterocycles. The van der Waals surface area contributed by atoms with Gasteiger partial charge in [-0.05, 0) is 127 Å². The Kier molecular flexibility index (Phi) is 8.32. The Balaban J connectivity index is 0.00000372. The molecule has 0 radical (unpaired) electrons. The van der Waals surface area contributed by atoms with Gasteiger partial charge >= 0.3 is 22.5 Å². The van der Waals surface area contributed by atoms with E-state index < -0.39 is 5.97 Å². The van der Waals surface area contributed by atoms with E-state index in [1.807, 2.05) is 24.3 Å². The summed E-state index contributed by atoms with van der Waals surface area (Å²) >= 11 is 0. The summed E-state index contributed by atoms with van der Waals surface area (Å²) in [6, 6.07) is 23.5. The molecule has 46 heavy (non-hydrogen) atoms. The van der Waals surface area contributed by atoms with E-state index in [-0.39, 0.29) is 22.1 Å². The third-order valence-corrected chi connectivity index (χ3v) is 8.69. The summed E-state index contributed by atoms with van der Waals surface area (Å²) in [5, 5.41) is 9.49. The predicted octanol–water partition coefficient (Wildman–Crippen LogP) is 9.36. The molecule has 0 saturated carbocycles. The van der Waals surface area contributed by atoms with Crippen molar-refractivity contribution in [2.45, 2.75) is 40.5 Å². The van der Waals surface area contributed by atoms with E-state index in [9.17, 15) is 9.90 Å². The van der Waals surface area contributed by atoms with Crippen LogP contribution in [0.15, 0.2) is 72.8 Å². The molecule has 7 rings (SSSR count). The summed E-state index contributed by atoms with van der Waals surface area (Å²) in [4.78, 5) is 33.7. The Morgan fingerprint density at radius 3 is 1.57 bits per heavy atom. The Morgan fingerprint density at radius 1 is 0.652 bits per heavy atom. The second-order valence-corrected chi connectivity index (χ2v) is 11.5. The van der Waals surface area contributed by atoms with E-state index in [2.05, 4.69) is 86.2 Å². The maximum atomic E-state index is 11.6. The molecule has 0 unspecified atom stereocenters. The van der Waals surface area contributed by atoms with Gasteiger partial charge in [-0.25, -0.2) is 19.7 Å². The molecule has 10 bridgehead atoms. The summed E-state index contributed by atoms with van der Waals surface area (Å²) in [6.45, 7) is 8.56. The van der Waals surface area contributed by atoms with Gasteiger partial charge in [0.05, 0.1) is 39.7 Å². The maximum Gasteiger partial charge on any atom is 2.00 e. The first kappa shape index (κ1) is 30.9. The van der Waals surface area contributed by atoms with E-state index in [0.717, 1.165) is 91.3 Å². The summed E-state index contributed by atoms with van der Waals surface area (Å²) in [6.07, 6.45) is 5.80. The van der Waals surface area contributed by atoms with Crippen molar-refractivity contribution in [2.24, 2.45) is 0 Å². The fourth-order valence-corrected chi connectivity index (χ4v) is 6.32. The van der Waals surface area contributed by atoms with Crippen LogP contribution in [-0.4, -0.2) is 36.0 Å². The maximum absolute atomic E-state index is 11.6. The zero-order valence-electron chi connectivity index (χ0n) is 26.0. The number of benzene rings is 1. The fraction of sp³-hybridized carbons (Fsp3) is 0.158. The standard InChI is InChI=1S/C38H33N5O2.Ni/c1-5-29-21(3)33-17-27-13-15-31(40-27)37(23-7-9-24(10-8-23)38(44)45)32-16-14-28(41-32)18-34-22(4)30(6-2)36(43-34)20-26-12-11-25(39-26)19-35(29)42-33;/h7-20,40-41H,5-6H2,1-4H3,(H,44,45);/q;+2. The molecule has 4 aromatic rings. The molecule has 1 aromatic carbocycles. The first-order valence-corrected chi connectivity index (χ1v) is 15.3. The van der Waals surface area contributed by atoms with Gasteiger partial charge in [0.15, 0.2) is 0 Å². The van der Waals surface area contributed by atoms with Crippen LogP contribution in [0.25, 0.3) is 67.6 Å². The predicted molar refractivity (Wildman–Crippen MR) is 183 cm³/mol. The molecule has 6 heterocycles. The van der Waals surface area contributed by atoms with Crippen LogP contribution < -0.4 is 0 Å². The summed E-state index contributed by atoms with van der Waals surface area (Å²) < 4.78 is 0. The minimum Gasteiger partial charge on any atom is -0.478 e. The summed E-state index contributed by atoms with van der Waals surface area (Å²) in [5.41, 5.74) is 15.9. The van der Waals surface area contributed by atoms with Crippen LogP contribution >= 0.6 is 0 Å². The average molecular weight is 650 g/mol. The number of hydrogen-bond donors (Lipinski definition) is 3. The largest absolute Gasteiger partial charge is 2.00 e. The quantitative estimate of drug-likeness (QED) is 0.168. The number of carbonyl (C=O) groups is 1. The first-order valence-electron chi connectivity index (χ1n) is 15.3. The number of hydrogen-bond acceptors (Lipinski definition) is 4. The van der Waals surface area contributed by atoms with Crippen LogP contribution in [0.4, 0.5) is 0 Å². The minimum atomic E-state index is -0.952. The van der Waals surface area contributed by atoms with Crippen LogP contribution in [0.2, 0.25) is 0 Å². The summed E-state index contributed by atoms with van der Waals surface area (Å²) in [7, 11) is 0. The molecule has 3 aliphatic rings. The zero-order chi connectivity index (χ0) is 31.2. The van der Waals surface area contributed by atoms with Crippen LogP contribution in [-0.2, 0) is 16.5 Å². The Morgan fingerprint density at radius 2 is 1.13 bits per heavy atom. The van der Waals surface area contributed by atoms with Crippen molar-refractivity contribution in [3.63, 3.8) is 0 Å². The minimum absolute atomic E-state index is 0. The normalized spacial score (nSPS) is 13.1. The fourth-order valence-electron chi connectivity index (χ4n) is 6.32. The number of allylic oxidation sites excluding steroid dienone is 4. The van der Waals surface area contributed by atoms with Crippen LogP contribution in [0.3, 0.4) is 0 Å². The molecular formula is C38H33N5NiO2+2. The number of H-pyrrole nitrogens is 2. The van der Waals surface area contributed by atoms with Gasteiger partial charge in [0.1, 0.15) is 0 Å². The van der Waals surface area contributed by atoms with Crippen LogP contribution in [0.1, 0.15) is 85.1 Å². The molecule has 0 atom stereocenters. The van der Waals surface area contributed by atoms with E-state index in [0.29, 0.717) is 0 Å². The second kappa shape index (κ2) is 12.4. The molecule has 0 amide bonds. The molecule has 8 heteroatoms. The molecule has 3 aliphatic heterocycles. The molecule has 0 saturated heterocycles. The van der Waals surface area contributed by atoms with Gasteiger partial charge in [-0.2, -0.15) is 0 Å². The number of nitrogens with one attached hydrogen (secondary N) is 2. The van der Waals surface area contributed by atoms with Gasteiger partial charge in [-0.3, -0.25) is 0 Å². The van der Waals surface area contributed by atoms with Gasteiger partial charge in [0.25, 0.3) is 0 Å². The molecule has 0 spiro atoms. The second-order valence-electron chi connectivity index (χ2n) is 11.5. The van der Waals surface area contributed by atoms with Crippen molar-refractivity contribution >= 4 is 62.5 Å².